The van der Waals surface area contributed by atoms with Crippen LogP contribution in [0.5, 0.6) is 11.5 Å². The summed E-state index contributed by atoms with van der Waals surface area (Å²) in [6, 6.07) is 4.72. The van der Waals surface area contributed by atoms with E-state index >= 15 is 0 Å². The second-order valence-corrected chi connectivity index (χ2v) is 4.98. The Kier molecular flexibility index (Phi) is 5.33. The first-order valence-corrected chi connectivity index (χ1v) is 6.89. The highest BCUT2D eigenvalue weighted by Crippen LogP contribution is 2.34. The van der Waals surface area contributed by atoms with Crippen LogP contribution in [-0.2, 0) is 6.18 Å². The van der Waals surface area contributed by atoms with Crippen molar-refractivity contribution in [3.8, 4) is 11.5 Å². The number of carboxylic acid groups (broad SMARTS) is 1. The van der Waals surface area contributed by atoms with Gasteiger partial charge in [-0.05, 0) is 42.5 Å². The van der Waals surface area contributed by atoms with Crippen LogP contribution in [-0.4, -0.2) is 23.4 Å². The number of aromatic carboxylic acids is 1. The molecule has 0 aliphatic rings. The molecule has 0 heterocycles. The van der Waals surface area contributed by atoms with Gasteiger partial charge in [0.1, 0.15) is 0 Å². The fourth-order valence-corrected chi connectivity index (χ4v) is 1.88. The zero-order chi connectivity index (χ0) is 20.4. The van der Waals surface area contributed by atoms with Crippen molar-refractivity contribution >= 4 is 11.9 Å². The van der Waals surface area contributed by atoms with E-state index in [9.17, 15) is 35.9 Å². The summed E-state index contributed by atoms with van der Waals surface area (Å²) < 4.78 is 83.1. The predicted molar refractivity (Wildman–Crippen MR) is 76.5 cm³/mol. The van der Waals surface area contributed by atoms with Crippen molar-refractivity contribution in [2.75, 3.05) is 0 Å². The van der Waals surface area contributed by atoms with Gasteiger partial charge in [-0.25, -0.2) is 9.59 Å². The van der Waals surface area contributed by atoms with E-state index in [4.69, 9.17) is 5.11 Å². The van der Waals surface area contributed by atoms with Gasteiger partial charge in [0, 0.05) is 0 Å². The molecule has 0 unspecified atom stereocenters. The first-order valence-electron chi connectivity index (χ1n) is 6.89. The Morgan fingerprint density at radius 1 is 0.815 bits per heavy atom. The Labute approximate surface area is 146 Å². The van der Waals surface area contributed by atoms with Crippen LogP contribution in [0.1, 0.15) is 26.3 Å². The Morgan fingerprint density at radius 2 is 1.37 bits per heavy atom. The summed E-state index contributed by atoms with van der Waals surface area (Å²) >= 11 is 0. The molecule has 144 valence electrons. The molecule has 0 spiro atoms. The number of halogens is 6. The van der Waals surface area contributed by atoms with Crippen molar-refractivity contribution < 1.29 is 50.5 Å². The molecule has 2 aromatic carbocycles. The summed E-state index contributed by atoms with van der Waals surface area (Å²) in [5.74, 6) is -4.68. The molecule has 2 rings (SSSR count). The number of benzene rings is 2. The van der Waals surface area contributed by atoms with Gasteiger partial charge in [0.25, 0.3) is 0 Å². The Bertz CT molecular complexity index is 855. The second kappa shape index (κ2) is 7.17. The first kappa shape index (κ1) is 20.1. The summed E-state index contributed by atoms with van der Waals surface area (Å²) in [5.41, 5.74) is -1.95. The van der Waals surface area contributed by atoms with Crippen LogP contribution in [0.25, 0.3) is 0 Å². The minimum absolute atomic E-state index is 0.401. The van der Waals surface area contributed by atoms with Crippen molar-refractivity contribution in [2.24, 2.45) is 0 Å². The maximum Gasteiger partial charge on any atom is 0.573 e. The lowest BCUT2D eigenvalue weighted by Gasteiger charge is -2.14. The molecule has 0 aromatic heterocycles. The van der Waals surface area contributed by atoms with Gasteiger partial charge < -0.3 is 14.6 Å². The molecule has 1 N–H and O–H groups in total. The Hall–Kier alpha value is -3.24. The summed E-state index contributed by atoms with van der Waals surface area (Å²) in [4.78, 5) is 22.9. The third-order valence-electron chi connectivity index (χ3n) is 3.07. The molecule has 0 saturated carbocycles. The smallest absolute Gasteiger partial charge is 0.478 e. The molecule has 2 aromatic rings. The highest BCUT2D eigenvalue weighted by Gasteiger charge is 2.33. The van der Waals surface area contributed by atoms with Crippen molar-refractivity contribution in [1.82, 2.24) is 0 Å². The Balaban J connectivity index is 2.32. The van der Waals surface area contributed by atoms with Crippen molar-refractivity contribution in [3.63, 3.8) is 0 Å². The molecule has 0 fully saturated rings. The number of hydrogen-bond acceptors (Lipinski definition) is 4. The van der Waals surface area contributed by atoms with Gasteiger partial charge in [0.05, 0.1) is 16.7 Å². The molecule has 0 atom stereocenters. The summed E-state index contributed by atoms with van der Waals surface area (Å²) in [5, 5.41) is 8.88. The van der Waals surface area contributed by atoms with Crippen LogP contribution in [0.2, 0.25) is 0 Å². The average molecular weight is 394 g/mol. The molecule has 0 aliphatic heterocycles. The van der Waals surface area contributed by atoms with E-state index in [-0.39, 0.29) is 0 Å². The number of esters is 1. The molecule has 0 amide bonds. The van der Waals surface area contributed by atoms with E-state index in [0.717, 1.165) is 18.2 Å². The van der Waals surface area contributed by atoms with Gasteiger partial charge in [-0.3, -0.25) is 0 Å². The quantitative estimate of drug-likeness (QED) is 0.469. The monoisotopic (exact) mass is 394 g/mol. The summed E-state index contributed by atoms with van der Waals surface area (Å²) in [6.45, 7) is 0. The van der Waals surface area contributed by atoms with Crippen molar-refractivity contribution in [1.29, 1.82) is 0 Å². The number of carbonyl (C=O) groups is 2. The zero-order valence-corrected chi connectivity index (χ0v) is 12.9. The number of rotatable bonds is 4. The summed E-state index contributed by atoms with van der Waals surface area (Å²) in [7, 11) is 0. The minimum Gasteiger partial charge on any atom is -0.478 e. The third-order valence-corrected chi connectivity index (χ3v) is 3.07. The number of carboxylic acids is 1. The molecule has 11 heteroatoms. The van der Waals surface area contributed by atoms with Crippen LogP contribution in [0.4, 0.5) is 26.3 Å². The lowest BCUT2D eigenvalue weighted by atomic mass is 10.1. The predicted octanol–water partition coefficient (Wildman–Crippen LogP) is 4.52. The molecule has 0 radical (unpaired) electrons. The third kappa shape index (κ3) is 5.36. The standard InChI is InChI=1S/C16H8F6O5/c17-15(18,19)10-4-1-8(2-5-10)14(25)26-12-7-9(13(23)24)3-6-11(12)27-16(20,21)22/h1-7H,(H,23,24). The Morgan fingerprint density at radius 3 is 1.85 bits per heavy atom. The van der Waals surface area contributed by atoms with Gasteiger partial charge in [-0.1, -0.05) is 0 Å². The van der Waals surface area contributed by atoms with Gasteiger partial charge in [0.2, 0.25) is 0 Å². The maximum atomic E-state index is 12.5. The average Bonchev–Trinajstić information content (AvgIpc) is 2.54. The number of carbonyl (C=O) groups excluding carboxylic acids is 1. The van der Waals surface area contributed by atoms with Crippen LogP contribution in [0, 0.1) is 0 Å². The lowest BCUT2D eigenvalue weighted by Crippen LogP contribution is -2.19. The van der Waals surface area contributed by atoms with Gasteiger partial charge >= 0.3 is 24.5 Å². The van der Waals surface area contributed by atoms with Crippen LogP contribution < -0.4 is 9.47 Å². The van der Waals surface area contributed by atoms with Crippen LogP contribution in [0.3, 0.4) is 0 Å². The molecular formula is C16H8F6O5. The SMILES string of the molecule is O=C(O)c1ccc(OC(F)(F)F)c(OC(=O)c2ccc(C(F)(F)F)cc2)c1. The molecule has 0 aliphatic carbocycles. The van der Waals surface area contributed by atoms with E-state index in [1.54, 1.807) is 0 Å². The fourth-order valence-electron chi connectivity index (χ4n) is 1.88. The minimum atomic E-state index is -5.15. The highest BCUT2D eigenvalue weighted by atomic mass is 19.4. The van der Waals surface area contributed by atoms with E-state index in [2.05, 4.69) is 9.47 Å². The largest absolute Gasteiger partial charge is 0.573 e. The van der Waals surface area contributed by atoms with Crippen molar-refractivity contribution in [2.45, 2.75) is 12.5 Å². The topological polar surface area (TPSA) is 72.8 Å². The number of alkyl halides is 6. The van der Waals surface area contributed by atoms with E-state index in [1.807, 2.05) is 0 Å². The molecule has 0 bridgehead atoms. The van der Waals surface area contributed by atoms with Crippen LogP contribution in [0.15, 0.2) is 42.5 Å². The first-order chi connectivity index (χ1) is 12.4. The molecular weight excluding hydrogens is 386 g/mol. The van der Waals surface area contributed by atoms with Crippen LogP contribution >= 0.6 is 0 Å². The maximum absolute atomic E-state index is 12.5. The number of ether oxygens (including phenoxy) is 2. The normalized spacial score (nSPS) is 11.8. The number of hydrogen-bond donors (Lipinski definition) is 1. The van der Waals surface area contributed by atoms with Gasteiger partial charge in [-0.15, -0.1) is 13.2 Å². The van der Waals surface area contributed by atoms with Gasteiger partial charge in [0.15, 0.2) is 11.5 Å². The fraction of sp³-hybridized carbons (Fsp3) is 0.125. The van der Waals surface area contributed by atoms with Gasteiger partial charge in [-0.2, -0.15) is 13.2 Å². The molecule has 5 nitrogen and oxygen atoms in total. The molecule has 27 heavy (non-hydrogen) atoms. The van der Waals surface area contributed by atoms with E-state index in [0.29, 0.717) is 24.3 Å². The molecule has 0 saturated heterocycles. The van der Waals surface area contributed by atoms with E-state index < -0.39 is 52.7 Å². The summed E-state index contributed by atoms with van der Waals surface area (Å²) in [6.07, 6.45) is -9.80. The second-order valence-electron chi connectivity index (χ2n) is 4.98. The van der Waals surface area contributed by atoms with E-state index in [1.165, 1.54) is 0 Å². The highest BCUT2D eigenvalue weighted by molar-refractivity contribution is 5.92. The lowest BCUT2D eigenvalue weighted by molar-refractivity contribution is -0.275. The van der Waals surface area contributed by atoms with Crippen molar-refractivity contribution in [3.05, 3.63) is 59.2 Å². The zero-order valence-electron chi connectivity index (χ0n) is 12.9.